The largest absolute Gasteiger partial charge is 0.451 e. The van der Waals surface area contributed by atoms with Gasteiger partial charge in [-0.1, -0.05) is 32.4 Å². The number of benzene rings is 1. The average Bonchev–Trinajstić information content (AvgIpc) is 3.32. The summed E-state index contributed by atoms with van der Waals surface area (Å²) in [5, 5.41) is 3.99. The molecule has 0 unspecified atom stereocenters. The molecule has 0 saturated carbocycles. The number of nitrogens with two attached hydrogens (primary N) is 1. The van der Waals surface area contributed by atoms with Crippen LogP contribution >= 0.6 is 22.9 Å². The highest BCUT2D eigenvalue weighted by atomic mass is 35.5. The molecule has 0 spiro atoms. The Bertz CT molecular complexity index is 1140. The summed E-state index contributed by atoms with van der Waals surface area (Å²) in [5.74, 6) is 0.335. The molecule has 31 heavy (non-hydrogen) atoms. The van der Waals surface area contributed by atoms with Gasteiger partial charge in [-0.15, -0.1) is 11.3 Å². The Kier molecular flexibility index (Phi) is 5.71. The first-order valence-electron chi connectivity index (χ1n) is 10.2. The van der Waals surface area contributed by atoms with Crippen LogP contribution in [0.25, 0.3) is 11.3 Å². The third-order valence-corrected chi connectivity index (χ3v) is 7.34. The highest BCUT2D eigenvalue weighted by molar-refractivity contribution is 7.17. The molecule has 4 rings (SSSR count). The summed E-state index contributed by atoms with van der Waals surface area (Å²) in [6.07, 6.45) is 2.69. The lowest BCUT2D eigenvalue weighted by Crippen LogP contribution is -2.27. The van der Waals surface area contributed by atoms with Gasteiger partial charge in [0.05, 0.1) is 5.56 Å². The van der Waals surface area contributed by atoms with Crippen LogP contribution in [0.2, 0.25) is 5.02 Å². The fourth-order valence-electron chi connectivity index (χ4n) is 4.07. The lowest BCUT2D eigenvalue weighted by molar-refractivity contribution is 0.0997. The molecule has 3 aromatic rings. The maximum Gasteiger partial charge on any atom is 0.292 e. The summed E-state index contributed by atoms with van der Waals surface area (Å²) in [7, 11) is 0. The van der Waals surface area contributed by atoms with Gasteiger partial charge in [0.1, 0.15) is 10.8 Å². The van der Waals surface area contributed by atoms with Crippen LogP contribution in [0.3, 0.4) is 0 Å². The number of primary amides is 1. The van der Waals surface area contributed by atoms with E-state index in [0.29, 0.717) is 27.3 Å². The number of carbonyl (C=O) groups is 2. The van der Waals surface area contributed by atoms with Crippen molar-refractivity contribution in [3.8, 4) is 11.3 Å². The normalized spacial score (nSPS) is 16.1. The van der Waals surface area contributed by atoms with Crippen molar-refractivity contribution in [3.05, 3.63) is 63.2 Å². The van der Waals surface area contributed by atoms with E-state index in [1.165, 1.54) is 11.3 Å². The minimum atomic E-state index is -0.511. The molecule has 2 amide bonds. The quantitative estimate of drug-likeness (QED) is 0.492. The fourth-order valence-corrected chi connectivity index (χ4v) is 5.52. The van der Waals surface area contributed by atoms with Crippen LogP contribution in [0.5, 0.6) is 0 Å². The molecule has 1 atom stereocenters. The Morgan fingerprint density at radius 1 is 1.16 bits per heavy atom. The van der Waals surface area contributed by atoms with E-state index >= 15 is 0 Å². The zero-order valence-electron chi connectivity index (χ0n) is 17.8. The highest BCUT2D eigenvalue weighted by Gasteiger charge is 2.33. The molecule has 1 aliphatic rings. The summed E-state index contributed by atoms with van der Waals surface area (Å²) in [6, 6.07) is 10.5. The molecule has 7 heteroatoms. The molecule has 1 aromatic carbocycles. The Morgan fingerprint density at radius 3 is 2.52 bits per heavy atom. The van der Waals surface area contributed by atoms with Crippen molar-refractivity contribution in [2.75, 3.05) is 5.32 Å². The van der Waals surface area contributed by atoms with Crippen LogP contribution in [0.4, 0.5) is 5.00 Å². The Labute approximate surface area is 190 Å². The van der Waals surface area contributed by atoms with Crippen LogP contribution in [-0.4, -0.2) is 11.8 Å². The second kappa shape index (κ2) is 8.17. The van der Waals surface area contributed by atoms with Gasteiger partial charge in [0, 0.05) is 15.5 Å². The number of anilines is 1. The molecular formula is C24H25ClN2O3S. The summed E-state index contributed by atoms with van der Waals surface area (Å²) in [4.78, 5) is 26.2. The van der Waals surface area contributed by atoms with Crippen LogP contribution in [-0.2, 0) is 12.8 Å². The first-order chi connectivity index (χ1) is 14.6. The minimum Gasteiger partial charge on any atom is -0.451 e. The van der Waals surface area contributed by atoms with Crippen molar-refractivity contribution < 1.29 is 14.0 Å². The van der Waals surface area contributed by atoms with Gasteiger partial charge in [-0.2, -0.15) is 0 Å². The van der Waals surface area contributed by atoms with E-state index in [0.717, 1.165) is 35.3 Å². The molecule has 0 bridgehead atoms. The topological polar surface area (TPSA) is 85.3 Å². The molecule has 0 aliphatic heterocycles. The second-order valence-corrected chi connectivity index (χ2v) is 10.5. The van der Waals surface area contributed by atoms with Crippen LogP contribution in [0.1, 0.15) is 58.5 Å². The molecule has 5 nitrogen and oxygen atoms in total. The lowest BCUT2D eigenvalue weighted by atomic mass is 9.72. The van der Waals surface area contributed by atoms with E-state index in [9.17, 15) is 9.59 Å². The first kappa shape index (κ1) is 21.7. The van der Waals surface area contributed by atoms with Gasteiger partial charge in [-0.05, 0) is 72.6 Å². The standard InChI is InChI=1S/C24H25ClN2O3S/c1-24(2,3)14-6-9-16-19(12-14)31-23(20(16)21(26)28)27-22(29)18-11-10-17(30-18)13-4-7-15(25)8-5-13/h4-5,7-8,10-11,14H,6,9,12H2,1-3H3,(H2,26,28)(H,27,29)/t14-/m0/s1. The number of halogens is 1. The summed E-state index contributed by atoms with van der Waals surface area (Å²) in [6.45, 7) is 6.72. The maximum absolute atomic E-state index is 12.9. The number of nitrogens with one attached hydrogen (secondary N) is 1. The molecule has 0 fully saturated rings. The average molecular weight is 457 g/mol. The van der Waals surface area contributed by atoms with Crippen LogP contribution < -0.4 is 11.1 Å². The van der Waals surface area contributed by atoms with Gasteiger partial charge in [0.2, 0.25) is 0 Å². The number of rotatable bonds is 4. The van der Waals surface area contributed by atoms with Crippen molar-refractivity contribution in [3.63, 3.8) is 0 Å². The van der Waals surface area contributed by atoms with Gasteiger partial charge in [-0.3, -0.25) is 9.59 Å². The van der Waals surface area contributed by atoms with Crippen LogP contribution in [0.15, 0.2) is 40.8 Å². The SMILES string of the molecule is CC(C)(C)[C@H]1CCc2c(sc(NC(=O)c3ccc(-c4ccc(Cl)cc4)o3)c2C(N)=O)C1. The predicted octanol–water partition coefficient (Wildman–Crippen LogP) is 6.16. The molecule has 2 aromatic heterocycles. The number of fused-ring (bicyclic) bond motifs is 1. The maximum atomic E-state index is 12.9. The van der Waals surface area contributed by atoms with Crippen molar-refractivity contribution >= 4 is 39.8 Å². The van der Waals surface area contributed by atoms with Gasteiger partial charge >= 0.3 is 0 Å². The number of furan rings is 1. The van der Waals surface area contributed by atoms with Gasteiger partial charge in [0.15, 0.2) is 5.76 Å². The number of hydrogen-bond acceptors (Lipinski definition) is 4. The Balaban J connectivity index is 1.58. The van der Waals surface area contributed by atoms with E-state index in [1.54, 1.807) is 24.3 Å². The van der Waals surface area contributed by atoms with Gasteiger partial charge in [-0.25, -0.2) is 0 Å². The minimum absolute atomic E-state index is 0.166. The van der Waals surface area contributed by atoms with E-state index in [4.69, 9.17) is 21.8 Å². The van der Waals surface area contributed by atoms with E-state index in [-0.39, 0.29) is 11.2 Å². The van der Waals surface area contributed by atoms with Crippen molar-refractivity contribution in [1.82, 2.24) is 0 Å². The number of thiophene rings is 1. The summed E-state index contributed by atoms with van der Waals surface area (Å²) < 4.78 is 5.74. The van der Waals surface area contributed by atoms with Crippen molar-refractivity contribution in [1.29, 1.82) is 0 Å². The third kappa shape index (κ3) is 4.41. The molecule has 0 radical (unpaired) electrons. The van der Waals surface area contributed by atoms with Crippen molar-refractivity contribution in [2.24, 2.45) is 17.1 Å². The molecule has 1 aliphatic carbocycles. The number of carbonyl (C=O) groups excluding carboxylic acids is 2. The zero-order valence-corrected chi connectivity index (χ0v) is 19.3. The third-order valence-electron chi connectivity index (χ3n) is 5.92. The molecule has 2 heterocycles. The molecule has 162 valence electrons. The zero-order chi connectivity index (χ0) is 22.3. The molecule has 3 N–H and O–H groups in total. The fraction of sp³-hybridized carbons (Fsp3) is 0.333. The monoisotopic (exact) mass is 456 g/mol. The number of amides is 2. The van der Waals surface area contributed by atoms with E-state index < -0.39 is 11.8 Å². The van der Waals surface area contributed by atoms with Gasteiger partial charge in [0.25, 0.3) is 11.8 Å². The second-order valence-electron chi connectivity index (χ2n) is 9.00. The lowest BCUT2D eigenvalue weighted by Gasteiger charge is -2.33. The predicted molar refractivity (Wildman–Crippen MR) is 125 cm³/mol. The molecule has 0 saturated heterocycles. The summed E-state index contributed by atoms with van der Waals surface area (Å²) in [5.41, 5.74) is 8.11. The highest BCUT2D eigenvalue weighted by Crippen LogP contribution is 2.44. The first-order valence-corrected chi connectivity index (χ1v) is 11.4. The Morgan fingerprint density at radius 2 is 1.87 bits per heavy atom. The van der Waals surface area contributed by atoms with Gasteiger partial charge < -0.3 is 15.5 Å². The smallest absolute Gasteiger partial charge is 0.292 e. The summed E-state index contributed by atoms with van der Waals surface area (Å²) >= 11 is 7.38. The Hall–Kier alpha value is -2.57. The van der Waals surface area contributed by atoms with E-state index in [2.05, 4.69) is 26.1 Å². The number of hydrogen-bond donors (Lipinski definition) is 2. The van der Waals surface area contributed by atoms with Crippen LogP contribution in [0, 0.1) is 11.3 Å². The van der Waals surface area contributed by atoms with Crippen molar-refractivity contribution in [2.45, 2.75) is 40.0 Å². The molecular weight excluding hydrogens is 432 g/mol. The van der Waals surface area contributed by atoms with E-state index in [1.807, 2.05) is 12.1 Å².